The predicted octanol–water partition coefficient (Wildman–Crippen LogP) is 5.52. The third kappa shape index (κ3) is 4.71. The molecule has 3 aromatic rings. The van der Waals surface area contributed by atoms with E-state index in [0.29, 0.717) is 25.3 Å². The van der Waals surface area contributed by atoms with Gasteiger partial charge < -0.3 is 14.2 Å². The average molecular weight is 500 g/mol. The van der Waals surface area contributed by atoms with Gasteiger partial charge in [-0.15, -0.1) is 0 Å². The summed E-state index contributed by atoms with van der Waals surface area (Å²) < 4.78 is 19.6. The summed E-state index contributed by atoms with van der Waals surface area (Å²) in [5.41, 5.74) is 2.32. The van der Waals surface area contributed by atoms with E-state index >= 15 is 0 Å². The lowest BCUT2D eigenvalue weighted by Gasteiger charge is -2.36. The molecule has 4 nitrogen and oxygen atoms in total. The van der Waals surface area contributed by atoms with E-state index in [4.69, 9.17) is 14.2 Å². The van der Waals surface area contributed by atoms with Crippen molar-refractivity contribution in [3.05, 3.63) is 102 Å². The van der Waals surface area contributed by atoms with Crippen LogP contribution in [-0.2, 0) is 20.8 Å². The van der Waals surface area contributed by atoms with Gasteiger partial charge in [0.2, 0.25) is 0 Å². The van der Waals surface area contributed by atoms with Gasteiger partial charge in [-0.25, -0.2) is 0 Å². The molecule has 3 aromatic carbocycles. The number of benzene rings is 3. The Morgan fingerprint density at radius 3 is 2.17 bits per heavy atom. The van der Waals surface area contributed by atoms with Crippen LogP contribution >= 0.6 is 0 Å². The van der Waals surface area contributed by atoms with Gasteiger partial charge in [-0.3, -0.25) is 4.90 Å². The molecule has 0 bridgehead atoms. The van der Waals surface area contributed by atoms with Crippen LogP contribution in [-0.4, -0.2) is 49.9 Å². The van der Waals surface area contributed by atoms with Gasteiger partial charge in [0.05, 0.1) is 27.3 Å². The summed E-state index contributed by atoms with van der Waals surface area (Å²) >= 11 is 0. The Kier molecular flexibility index (Phi) is 6.84. The molecule has 36 heavy (non-hydrogen) atoms. The maximum atomic E-state index is 6.65. The number of ether oxygens (including phenoxy) is 3. The molecule has 0 aromatic heterocycles. The van der Waals surface area contributed by atoms with Gasteiger partial charge in [-0.2, -0.15) is 0 Å². The molecule has 0 unspecified atom stereocenters. The van der Waals surface area contributed by atoms with Crippen molar-refractivity contribution in [2.24, 2.45) is 0 Å². The van der Waals surface area contributed by atoms with E-state index in [0.717, 1.165) is 5.56 Å². The van der Waals surface area contributed by atoms with Crippen molar-refractivity contribution < 1.29 is 14.2 Å². The van der Waals surface area contributed by atoms with Gasteiger partial charge in [0.25, 0.3) is 0 Å². The number of fused-ring (bicyclic) bond motifs is 3. The maximum Gasteiger partial charge on any atom is 0.184 e. The molecular weight excluding hydrogens is 462 g/mol. The van der Waals surface area contributed by atoms with E-state index in [1.165, 1.54) is 24.4 Å². The van der Waals surface area contributed by atoms with E-state index in [1.54, 1.807) is 5.19 Å². The van der Waals surface area contributed by atoms with Crippen molar-refractivity contribution >= 4 is 13.3 Å². The molecule has 6 rings (SSSR count). The number of rotatable bonds is 8. The minimum absolute atomic E-state index is 0.0419. The van der Waals surface area contributed by atoms with E-state index < -0.39 is 8.07 Å². The molecule has 0 saturated carbocycles. The van der Waals surface area contributed by atoms with Crippen LogP contribution < -0.4 is 5.19 Å². The van der Waals surface area contributed by atoms with E-state index in [2.05, 4.69) is 103 Å². The summed E-state index contributed by atoms with van der Waals surface area (Å²) in [6.07, 6.45) is 2.26. The molecule has 3 saturated heterocycles. The van der Waals surface area contributed by atoms with Crippen molar-refractivity contribution in [1.82, 2.24) is 4.90 Å². The molecule has 6 atom stereocenters. The fourth-order valence-corrected chi connectivity index (χ4v) is 9.59. The zero-order valence-corrected chi connectivity index (χ0v) is 22.3. The van der Waals surface area contributed by atoms with Crippen LogP contribution in [0.5, 0.6) is 0 Å². The first-order valence-electron chi connectivity index (χ1n) is 13.4. The Morgan fingerprint density at radius 2 is 1.44 bits per heavy atom. The smallest absolute Gasteiger partial charge is 0.184 e. The second-order valence-corrected chi connectivity index (χ2v) is 16.0. The van der Waals surface area contributed by atoms with Crippen LogP contribution in [0.4, 0.5) is 0 Å². The summed E-state index contributed by atoms with van der Waals surface area (Å²) in [4.78, 5) is 2.75. The van der Waals surface area contributed by atoms with Crippen LogP contribution in [0.3, 0.4) is 0 Å². The molecule has 3 aliphatic heterocycles. The van der Waals surface area contributed by atoms with Crippen LogP contribution in [0.2, 0.25) is 19.1 Å². The monoisotopic (exact) mass is 499 g/mol. The summed E-state index contributed by atoms with van der Waals surface area (Å²) in [6, 6.07) is 34.4. The van der Waals surface area contributed by atoms with Gasteiger partial charge in [0.15, 0.2) is 6.29 Å². The summed E-state index contributed by atoms with van der Waals surface area (Å²) in [7, 11) is -1.58. The van der Waals surface area contributed by atoms with E-state index in [1.807, 2.05) is 6.07 Å². The lowest BCUT2D eigenvalue weighted by Crippen LogP contribution is -2.51. The van der Waals surface area contributed by atoms with Crippen LogP contribution in [0.15, 0.2) is 91.0 Å². The van der Waals surface area contributed by atoms with Crippen molar-refractivity contribution in [3.63, 3.8) is 0 Å². The average Bonchev–Trinajstić information content (AvgIpc) is 3.59. The molecule has 3 aliphatic rings. The topological polar surface area (TPSA) is 30.9 Å². The Hall–Kier alpha value is -2.28. The SMILES string of the molecule is C[Si](C)(C[C@H]1CC[C@@H]2[C@@H]3O[C@H](c4ccccc4)O[C@@H]3[C@@H](COCc3ccccc3)N12)c1ccccc1. The minimum atomic E-state index is -1.58. The maximum absolute atomic E-state index is 6.65. The second-order valence-electron chi connectivity index (χ2n) is 11.2. The summed E-state index contributed by atoms with van der Waals surface area (Å²) in [5.74, 6) is 0. The largest absolute Gasteiger partial charge is 0.375 e. The number of nitrogens with zero attached hydrogens (tertiary/aromatic N) is 1. The van der Waals surface area contributed by atoms with Gasteiger partial charge >= 0.3 is 0 Å². The van der Waals surface area contributed by atoms with Crippen LogP contribution in [0, 0.1) is 0 Å². The Labute approximate surface area is 216 Å². The minimum Gasteiger partial charge on any atom is -0.375 e. The Bertz CT molecular complexity index is 1130. The lowest BCUT2D eigenvalue weighted by molar-refractivity contribution is -0.107. The quantitative estimate of drug-likeness (QED) is 0.382. The third-order valence-electron chi connectivity index (χ3n) is 8.40. The van der Waals surface area contributed by atoms with Crippen LogP contribution in [0.1, 0.15) is 30.3 Å². The molecule has 188 valence electrons. The van der Waals surface area contributed by atoms with Crippen molar-refractivity contribution in [3.8, 4) is 0 Å². The fourth-order valence-electron chi connectivity index (χ4n) is 6.67. The normalized spacial score (nSPS) is 29.8. The van der Waals surface area contributed by atoms with E-state index in [-0.39, 0.29) is 24.5 Å². The second kappa shape index (κ2) is 10.2. The number of hydrogen-bond acceptors (Lipinski definition) is 4. The molecule has 5 heteroatoms. The molecule has 0 N–H and O–H groups in total. The summed E-state index contributed by atoms with van der Waals surface area (Å²) in [5, 5.41) is 1.54. The highest BCUT2D eigenvalue weighted by Gasteiger charge is 2.59. The lowest BCUT2D eigenvalue weighted by atomic mass is 10.0. The first-order valence-corrected chi connectivity index (χ1v) is 16.6. The van der Waals surface area contributed by atoms with Gasteiger partial charge in [-0.1, -0.05) is 109 Å². The predicted molar refractivity (Wildman–Crippen MR) is 146 cm³/mol. The standard InChI is InChI=1S/C31H37NO3Si/c1-36(2,26-16-10-5-11-17-26)22-25-18-19-27-29-30(35-31(34-29)24-14-8-4-9-15-24)28(32(25)27)21-33-20-23-12-6-3-7-13-23/h3-17,25,27-31H,18-22H2,1-2H3/t25-,27-,28-,29+,30-,31+/m1/s1. The fraction of sp³-hybridized carbons (Fsp3) is 0.419. The first-order chi connectivity index (χ1) is 17.6. The molecule has 0 amide bonds. The zero-order valence-electron chi connectivity index (χ0n) is 21.3. The van der Waals surface area contributed by atoms with Crippen LogP contribution in [0.25, 0.3) is 0 Å². The summed E-state index contributed by atoms with van der Waals surface area (Å²) in [6.45, 7) is 6.34. The Morgan fingerprint density at radius 1 is 0.806 bits per heavy atom. The van der Waals surface area contributed by atoms with Gasteiger partial charge in [0, 0.05) is 17.6 Å². The third-order valence-corrected chi connectivity index (χ3v) is 11.8. The Balaban J connectivity index is 1.22. The first kappa shape index (κ1) is 24.1. The highest BCUT2D eigenvalue weighted by Crippen LogP contribution is 2.48. The molecule has 0 spiro atoms. The van der Waals surface area contributed by atoms with Crippen molar-refractivity contribution in [1.29, 1.82) is 0 Å². The van der Waals surface area contributed by atoms with Gasteiger partial charge in [0.1, 0.15) is 12.2 Å². The van der Waals surface area contributed by atoms with Crippen molar-refractivity contribution in [2.75, 3.05) is 6.61 Å². The number of hydrogen-bond donors (Lipinski definition) is 0. The molecule has 0 radical (unpaired) electrons. The highest BCUT2D eigenvalue weighted by atomic mass is 28.3. The van der Waals surface area contributed by atoms with E-state index in [9.17, 15) is 0 Å². The molecule has 3 heterocycles. The van der Waals surface area contributed by atoms with Crippen molar-refractivity contribution in [2.45, 2.75) is 75.2 Å². The zero-order chi connectivity index (χ0) is 24.5. The molecular formula is C31H37NO3Si. The highest BCUT2D eigenvalue weighted by molar-refractivity contribution is 6.89. The molecule has 0 aliphatic carbocycles. The molecule has 3 fully saturated rings. The van der Waals surface area contributed by atoms with Gasteiger partial charge in [-0.05, 0) is 24.4 Å².